The molecular formula is C56H37Br3ClFN6O9S. The van der Waals surface area contributed by atoms with Gasteiger partial charge in [-0.25, -0.2) is 4.39 Å². The van der Waals surface area contributed by atoms with Crippen LogP contribution in [0.3, 0.4) is 0 Å². The van der Waals surface area contributed by atoms with Gasteiger partial charge in [0.1, 0.15) is 4.88 Å². The number of aromatic nitrogens is 3. The van der Waals surface area contributed by atoms with Crippen molar-refractivity contribution in [1.29, 1.82) is 0 Å². The van der Waals surface area contributed by atoms with E-state index in [1.165, 1.54) is 12.3 Å². The number of fused-ring (bicyclic) bond motifs is 3. The summed E-state index contributed by atoms with van der Waals surface area (Å²) in [5.74, 6) is 2.66. The number of benzene rings is 7. The average Bonchev–Trinajstić information content (AvgIpc) is 4.30. The first-order valence-corrected chi connectivity index (χ1v) is 26.5. The number of anilines is 3. The third kappa shape index (κ3) is 12.2. The van der Waals surface area contributed by atoms with Gasteiger partial charge in [0.05, 0.1) is 28.0 Å². The van der Waals surface area contributed by atoms with Crippen molar-refractivity contribution >= 4 is 106 Å². The van der Waals surface area contributed by atoms with Gasteiger partial charge in [0.15, 0.2) is 40.3 Å². The summed E-state index contributed by atoms with van der Waals surface area (Å²) in [5, 5.41) is 12.7. The molecule has 3 aliphatic rings. The first-order chi connectivity index (χ1) is 37.3. The number of ether oxygens (including phenoxy) is 6. The largest absolute Gasteiger partial charge is 0.454 e. The minimum Gasteiger partial charge on any atom is -0.454 e. The van der Waals surface area contributed by atoms with Crippen molar-refractivity contribution < 1.29 is 47.2 Å². The fourth-order valence-corrected chi connectivity index (χ4v) is 10.3. The molecule has 0 fully saturated rings. The fourth-order valence-electron chi connectivity index (χ4n) is 7.84. The maximum Gasteiger partial charge on any atom is 0.269 e. The van der Waals surface area contributed by atoms with E-state index in [4.69, 9.17) is 40.0 Å². The van der Waals surface area contributed by atoms with Crippen LogP contribution in [0.25, 0.3) is 33.4 Å². The molecule has 5 heterocycles. The molecule has 0 saturated heterocycles. The predicted octanol–water partition coefficient (Wildman–Crippen LogP) is 14.6. The molecular weight excluding hydrogens is 1230 g/mol. The Hall–Kier alpha value is -7.88. The summed E-state index contributed by atoms with van der Waals surface area (Å²) >= 11 is 17.8. The third-order valence-electron chi connectivity index (χ3n) is 11.7. The van der Waals surface area contributed by atoms with E-state index in [-0.39, 0.29) is 37.8 Å². The van der Waals surface area contributed by atoms with Gasteiger partial charge in [-0.1, -0.05) is 112 Å². The summed E-state index contributed by atoms with van der Waals surface area (Å²) in [5.41, 5.74) is 8.81. The van der Waals surface area contributed by atoms with E-state index >= 15 is 0 Å². The molecule has 3 amide bonds. The van der Waals surface area contributed by atoms with E-state index in [0.29, 0.717) is 49.7 Å². The first-order valence-electron chi connectivity index (χ1n) is 23.0. The summed E-state index contributed by atoms with van der Waals surface area (Å²) in [7, 11) is 0. The maximum atomic E-state index is 13.6. The van der Waals surface area contributed by atoms with Crippen molar-refractivity contribution in [1.82, 2.24) is 14.6 Å². The summed E-state index contributed by atoms with van der Waals surface area (Å²) in [6.07, 6.45) is 2.38. The number of hydrogen-bond donors (Lipinski definition) is 3. The molecule has 0 spiro atoms. The van der Waals surface area contributed by atoms with Crippen LogP contribution in [-0.2, 0) is 0 Å². The number of aryl methyl sites for hydroxylation is 1. The van der Waals surface area contributed by atoms with Gasteiger partial charge >= 0.3 is 0 Å². The molecule has 0 atom stereocenters. The molecule has 7 aromatic carbocycles. The highest BCUT2D eigenvalue weighted by Crippen LogP contribution is 2.44. The lowest BCUT2D eigenvalue weighted by molar-refractivity contribution is 0.101. The standard InChI is InChI=1S/C20H13BrClNO3.C19H12BrFN2O3.C17H12BrN3O3S/c21-16-10-19-18(25-11-26-19)9-15(16)12-5-7-13(8-6-12)23-20(24)14-3-1-2-4-17(14)22;20-15-8-18-17(25-10-26-18)7-14(15)11-1-3-12(4-2-11)23-19(24)13-5-6-22-9-16(13)21;1-9-16(25-21-20-9)17(22)19-11-4-2-10(3-5-11)12-6-14-15(7-13(12)18)24-8-23-14/h1-10H,11H2,(H,23,24);1-9H,10H2,(H,23,24);2-7H,8H2,1H3,(H,19,22). The quantitative estimate of drug-likeness (QED) is 0.125. The highest BCUT2D eigenvalue weighted by Gasteiger charge is 2.21. The Bertz CT molecular complexity index is 3550. The SMILES string of the molecule is Cc1nnsc1C(=O)Nc1ccc(-c2cc3c(cc2Br)OCO3)cc1.O=C(Nc1ccc(-c2cc3c(cc2Br)OCO3)cc1)c1ccccc1Cl.O=C(Nc1ccc(-c2cc3c(cc2Br)OCO3)cc1)c1ccncc1F. The molecule has 0 aliphatic carbocycles. The monoisotopic (exact) mass is 1260 g/mol. The van der Waals surface area contributed by atoms with Crippen LogP contribution in [-0.4, -0.2) is 52.7 Å². The number of carbonyl (C=O) groups excluding carboxylic acids is 3. The van der Waals surface area contributed by atoms with Crippen LogP contribution >= 0.6 is 70.9 Å². The Labute approximate surface area is 473 Å². The lowest BCUT2D eigenvalue weighted by atomic mass is 10.0. The minimum atomic E-state index is -0.661. The number of rotatable bonds is 9. The topological polar surface area (TPSA) is 181 Å². The van der Waals surface area contributed by atoms with E-state index in [1.807, 2.05) is 97.1 Å². The van der Waals surface area contributed by atoms with E-state index < -0.39 is 11.7 Å². The van der Waals surface area contributed by atoms with Crippen LogP contribution < -0.4 is 44.4 Å². The van der Waals surface area contributed by atoms with Crippen LogP contribution in [0, 0.1) is 12.7 Å². The minimum absolute atomic E-state index is 0.0532. The molecule has 0 saturated carbocycles. The van der Waals surface area contributed by atoms with Gasteiger partial charge in [-0.15, -0.1) is 5.10 Å². The van der Waals surface area contributed by atoms with Gasteiger partial charge in [0, 0.05) is 36.7 Å². The van der Waals surface area contributed by atoms with E-state index in [9.17, 15) is 18.8 Å². The number of nitrogens with one attached hydrogen (secondary N) is 3. The van der Waals surface area contributed by atoms with Gasteiger partial charge in [-0.2, -0.15) is 0 Å². The molecule has 0 radical (unpaired) electrons. The Morgan fingerprint density at radius 2 is 0.922 bits per heavy atom. The van der Waals surface area contributed by atoms with Gasteiger partial charge in [-0.05, 0) is 143 Å². The summed E-state index contributed by atoms with van der Waals surface area (Å²) in [6, 6.07) is 42.1. The van der Waals surface area contributed by atoms with Crippen molar-refractivity contribution in [3.05, 3.63) is 198 Å². The van der Waals surface area contributed by atoms with Gasteiger partial charge in [-0.3, -0.25) is 19.4 Å². The van der Waals surface area contributed by atoms with Crippen LogP contribution in [0.4, 0.5) is 21.5 Å². The van der Waals surface area contributed by atoms with Crippen LogP contribution in [0.15, 0.2) is 165 Å². The smallest absolute Gasteiger partial charge is 0.269 e. The Kier molecular flexibility index (Phi) is 16.1. The Morgan fingerprint density at radius 3 is 1.31 bits per heavy atom. The van der Waals surface area contributed by atoms with Crippen LogP contribution in [0.2, 0.25) is 5.02 Å². The average molecular weight is 1260 g/mol. The van der Waals surface area contributed by atoms with E-state index in [2.05, 4.69) is 78.3 Å². The maximum absolute atomic E-state index is 13.6. The molecule has 12 rings (SSSR count). The zero-order valence-corrected chi connectivity index (χ0v) is 46.2. The zero-order valence-electron chi connectivity index (χ0n) is 39.9. The van der Waals surface area contributed by atoms with Crippen molar-refractivity contribution in [2.75, 3.05) is 36.3 Å². The Morgan fingerprint density at radius 1 is 0.532 bits per heavy atom. The molecule has 2 aromatic heterocycles. The normalized spacial score (nSPS) is 12.1. The Balaban J connectivity index is 0.000000131. The summed E-state index contributed by atoms with van der Waals surface area (Å²) in [6.45, 7) is 2.45. The molecule has 386 valence electrons. The molecule has 0 unspecified atom stereocenters. The number of hydrogen-bond acceptors (Lipinski definition) is 13. The molecule has 21 heteroatoms. The molecule has 0 bridgehead atoms. The third-order valence-corrected chi connectivity index (χ3v) is 14.9. The molecule has 3 aliphatic heterocycles. The number of carbonyl (C=O) groups is 3. The van der Waals surface area contributed by atoms with Crippen LogP contribution in [0.5, 0.6) is 34.5 Å². The van der Waals surface area contributed by atoms with Crippen molar-refractivity contribution in [3.63, 3.8) is 0 Å². The highest BCUT2D eigenvalue weighted by molar-refractivity contribution is 9.11. The van der Waals surface area contributed by atoms with Crippen LogP contribution in [0.1, 0.15) is 36.1 Å². The number of amides is 3. The van der Waals surface area contributed by atoms with Crippen molar-refractivity contribution in [2.45, 2.75) is 6.92 Å². The molecule has 3 N–H and O–H groups in total. The number of nitrogens with zero attached hydrogens (tertiary/aromatic N) is 3. The number of pyridine rings is 1. The summed E-state index contributed by atoms with van der Waals surface area (Å²) in [4.78, 5) is 40.9. The lowest BCUT2D eigenvalue weighted by Crippen LogP contribution is -2.13. The second kappa shape index (κ2) is 23.6. The number of halogens is 5. The van der Waals surface area contributed by atoms with Gasteiger partial charge in [0.25, 0.3) is 17.7 Å². The predicted molar refractivity (Wildman–Crippen MR) is 301 cm³/mol. The second-order valence-electron chi connectivity index (χ2n) is 16.7. The van der Waals surface area contributed by atoms with E-state index in [1.54, 1.807) is 43.3 Å². The zero-order chi connectivity index (χ0) is 53.6. The first kappa shape index (κ1) is 52.6. The molecule has 77 heavy (non-hydrogen) atoms. The van der Waals surface area contributed by atoms with E-state index in [0.717, 1.165) is 87.5 Å². The molecule has 9 aromatic rings. The summed E-state index contributed by atoms with van der Waals surface area (Å²) < 4.78 is 52.5. The fraction of sp³-hybridized carbons (Fsp3) is 0.0714. The van der Waals surface area contributed by atoms with Crippen molar-refractivity contribution in [3.8, 4) is 67.9 Å². The van der Waals surface area contributed by atoms with Crippen molar-refractivity contribution in [2.24, 2.45) is 0 Å². The van der Waals surface area contributed by atoms with Gasteiger partial charge in [0.2, 0.25) is 20.4 Å². The second-order valence-corrected chi connectivity index (χ2v) is 20.4. The molecule has 15 nitrogen and oxygen atoms in total. The highest BCUT2D eigenvalue weighted by atomic mass is 79.9. The van der Waals surface area contributed by atoms with Gasteiger partial charge < -0.3 is 44.4 Å². The lowest BCUT2D eigenvalue weighted by Gasteiger charge is -2.09.